The van der Waals surface area contributed by atoms with Gasteiger partial charge in [0.25, 0.3) is 0 Å². The number of ether oxygens (including phenoxy) is 1. The predicted octanol–water partition coefficient (Wildman–Crippen LogP) is 1.82. The minimum absolute atomic E-state index is 0.0431. The van der Waals surface area contributed by atoms with Gasteiger partial charge >= 0.3 is 12.0 Å². The van der Waals surface area contributed by atoms with Gasteiger partial charge in [0.1, 0.15) is 11.9 Å². The standard InChI is InChI=1S/C16H22N6O2/c1-11-10-19-14(20-11)12(2)21-16(23)22-8-4-13(5-9-22)24-15-17-6-3-7-18-15/h3,6-7,10,12-13H,4-5,8-9H2,1-2H3,(H,19,20)(H,21,23). The Hall–Kier alpha value is -2.64. The van der Waals surface area contributed by atoms with Crippen molar-refractivity contribution in [3.05, 3.63) is 36.2 Å². The molecule has 1 aliphatic rings. The van der Waals surface area contributed by atoms with Crippen molar-refractivity contribution in [2.24, 2.45) is 0 Å². The van der Waals surface area contributed by atoms with Crippen molar-refractivity contribution in [1.29, 1.82) is 0 Å². The summed E-state index contributed by atoms with van der Waals surface area (Å²) in [5.74, 6) is 0.764. The molecule has 0 spiro atoms. The SMILES string of the molecule is Cc1cnc(C(C)NC(=O)N2CCC(Oc3ncccn3)CC2)[nH]1. The van der Waals surface area contributed by atoms with E-state index in [1.54, 1.807) is 29.6 Å². The van der Waals surface area contributed by atoms with Crippen molar-refractivity contribution in [3.8, 4) is 6.01 Å². The Morgan fingerprint density at radius 1 is 1.33 bits per heavy atom. The lowest BCUT2D eigenvalue weighted by molar-refractivity contribution is 0.102. The van der Waals surface area contributed by atoms with Crippen LogP contribution in [0.5, 0.6) is 6.01 Å². The first-order chi connectivity index (χ1) is 11.6. The van der Waals surface area contributed by atoms with Crippen LogP contribution in [0.4, 0.5) is 4.79 Å². The van der Waals surface area contributed by atoms with E-state index in [1.807, 2.05) is 13.8 Å². The number of carbonyl (C=O) groups excluding carboxylic acids is 1. The lowest BCUT2D eigenvalue weighted by Crippen LogP contribution is -2.47. The molecule has 24 heavy (non-hydrogen) atoms. The van der Waals surface area contributed by atoms with Crippen LogP contribution >= 0.6 is 0 Å². The summed E-state index contributed by atoms with van der Waals surface area (Å²) in [5, 5.41) is 2.97. The molecule has 0 saturated carbocycles. The van der Waals surface area contributed by atoms with Gasteiger partial charge in [-0.3, -0.25) is 0 Å². The molecule has 2 aromatic rings. The summed E-state index contributed by atoms with van der Waals surface area (Å²) in [6, 6.07) is 1.91. The van der Waals surface area contributed by atoms with E-state index in [4.69, 9.17) is 4.74 Å². The molecule has 2 amide bonds. The third-order valence-corrected chi connectivity index (χ3v) is 4.02. The quantitative estimate of drug-likeness (QED) is 0.891. The lowest BCUT2D eigenvalue weighted by Gasteiger charge is -2.32. The molecule has 8 heteroatoms. The first-order valence-corrected chi connectivity index (χ1v) is 8.12. The summed E-state index contributed by atoms with van der Waals surface area (Å²) in [6.07, 6.45) is 6.64. The van der Waals surface area contributed by atoms with Gasteiger partial charge in [-0.05, 0) is 19.9 Å². The number of nitrogens with zero attached hydrogens (tertiary/aromatic N) is 4. The smallest absolute Gasteiger partial charge is 0.317 e. The van der Waals surface area contributed by atoms with Crippen LogP contribution in [0.25, 0.3) is 0 Å². The second-order valence-corrected chi connectivity index (χ2v) is 5.96. The third kappa shape index (κ3) is 4.01. The number of imidazole rings is 1. The summed E-state index contributed by atoms with van der Waals surface area (Å²) in [4.78, 5) is 29.7. The minimum atomic E-state index is -0.155. The van der Waals surface area contributed by atoms with E-state index in [2.05, 4.69) is 25.3 Å². The molecule has 1 unspecified atom stereocenters. The van der Waals surface area contributed by atoms with E-state index >= 15 is 0 Å². The molecule has 128 valence electrons. The zero-order chi connectivity index (χ0) is 16.9. The molecule has 1 atom stereocenters. The Bertz CT molecular complexity index is 666. The number of carbonyl (C=O) groups is 1. The number of hydrogen-bond donors (Lipinski definition) is 2. The summed E-state index contributed by atoms with van der Waals surface area (Å²) in [6.45, 7) is 5.14. The van der Waals surface area contributed by atoms with Crippen LogP contribution in [-0.4, -0.2) is 50.1 Å². The fraction of sp³-hybridized carbons (Fsp3) is 0.500. The Balaban J connectivity index is 1.46. The molecule has 0 aliphatic carbocycles. The van der Waals surface area contributed by atoms with E-state index in [0.717, 1.165) is 24.4 Å². The molecule has 3 heterocycles. The molecular weight excluding hydrogens is 308 g/mol. The van der Waals surface area contributed by atoms with Crippen LogP contribution in [0.3, 0.4) is 0 Å². The third-order valence-electron chi connectivity index (χ3n) is 4.02. The number of hydrogen-bond acceptors (Lipinski definition) is 5. The van der Waals surface area contributed by atoms with Crippen molar-refractivity contribution in [3.63, 3.8) is 0 Å². The maximum atomic E-state index is 12.4. The molecule has 3 rings (SSSR count). The van der Waals surface area contributed by atoms with E-state index in [1.165, 1.54) is 0 Å². The highest BCUT2D eigenvalue weighted by Crippen LogP contribution is 2.16. The molecule has 2 aromatic heterocycles. The van der Waals surface area contributed by atoms with Crippen LogP contribution < -0.4 is 10.1 Å². The van der Waals surface area contributed by atoms with Crippen LogP contribution in [0.1, 0.15) is 37.3 Å². The number of nitrogens with one attached hydrogen (secondary N) is 2. The van der Waals surface area contributed by atoms with Gasteiger partial charge in [-0.25, -0.2) is 19.7 Å². The molecule has 0 aromatic carbocycles. The van der Waals surface area contributed by atoms with E-state index < -0.39 is 0 Å². The van der Waals surface area contributed by atoms with E-state index in [0.29, 0.717) is 19.1 Å². The number of aryl methyl sites for hydroxylation is 1. The number of likely N-dealkylation sites (tertiary alicyclic amines) is 1. The Morgan fingerprint density at radius 2 is 2.04 bits per heavy atom. The van der Waals surface area contributed by atoms with Crippen LogP contribution in [0.2, 0.25) is 0 Å². The molecule has 0 radical (unpaired) electrons. The monoisotopic (exact) mass is 330 g/mol. The molecule has 1 aliphatic heterocycles. The fourth-order valence-corrected chi connectivity index (χ4v) is 2.67. The average Bonchev–Trinajstić information content (AvgIpc) is 3.03. The van der Waals surface area contributed by atoms with Crippen molar-refractivity contribution >= 4 is 6.03 Å². The van der Waals surface area contributed by atoms with Gasteiger partial charge in [-0.1, -0.05) is 0 Å². The van der Waals surface area contributed by atoms with Gasteiger partial charge in [0.2, 0.25) is 0 Å². The normalized spacial score (nSPS) is 16.7. The van der Waals surface area contributed by atoms with E-state index in [-0.39, 0.29) is 18.2 Å². The van der Waals surface area contributed by atoms with Gasteiger partial charge in [0.15, 0.2) is 0 Å². The van der Waals surface area contributed by atoms with Gasteiger partial charge in [-0.15, -0.1) is 0 Å². The fourth-order valence-electron chi connectivity index (χ4n) is 2.67. The number of piperidine rings is 1. The maximum Gasteiger partial charge on any atom is 0.317 e. The summed E-state index contributed by atoms with van der Waals surface area (Å²) < 4.78 is 5.74. The first-order valence-electron chi connectivity index (χ1n) is 8.12. The molecular formula is C16H22N6O2. The Morgan fingerprint density at radius 3 is 2.67 bits per heavy atom. The number of rotatable bonds is 4. The number of aromatic amines is 1. The Labute approximate surface area is 140 Å². The highest BCUT2D eigenvalue weighted by Gasteiger charge is 2.25. The van der Waals surface area contributed by atoms with Crippen LogP contribution in [0, 0.1) is 6.92 Å². The van der Waals surface area contributed by atoms with Crippen molar-refractivity contribution < 1.29 is 9.53 Å². The molecule has 1 fully saturated rings. The molecule has 8 nitrogen and oxygen atoms in total. The summed E-state index contributed by atoms with van der Waals surface area (Å²) in [7, 11) is 0. The molecule has 0 bridgehead atoms. The van der Waals surface area contributed by atoms with Gasteiger partial charge in [0, 0.05) is 50.2 Å². The van der Waals surface area contributed by atoms with Crippen molar-refractivity contribution in [1.82, 2.24) is 30.2 Å². The first kappa shape index (κ1) is 16.2. The second-order valence-electron chi connectivity index (χ2n) is 5.96. The summed E-state index contributed by atoms with van der Waals surface area (Å²) >= 11 is 0. The largest absolute Gasteiger partial charge is 0.460 e. The molecule has 2 N–H and O–H groups in total. The lowest BCUT2D eigenvalue weighted by atomic mass is 10.1. The average molecular weight is 330 g/mol. The highest BCUT2D eigenvalue weighted by molar-refractivity contribution is 5.74. The second kappa shape index (κ2) is 7.29. The molecule has 1 saturated heterocycles. The topological polar surface area (TPSA) is 96.0 Å². The zero-order valence-corrected chi connectivity index (χ0v) is 13.9. The van der Waals surface area contributed by atoms with Crippen molar-refractivity contribution in [2.75, 3.05) is 13.1 Å². The van der Waals surface area contributed by atoms with Gasteiger partial charge < -0.3 is 19.9 Å². The maximum absolute atomic E-state index is 12.4. The highest BCUT2D eigenvalue weighted by atomic mass is 16.5. The predicted molar refractivity (Wildman–Crippen MR) is 87.5 cm³/mol. The zero-order valence-electron chi connectivity index (χ0n) is 13.9. The van der Waals surface area contributed by atoms with Crippen LogP contribution in [0.15, 0.2) is 24.7 Å². The Kier molecular flexibility index (Phi) is 4.93. The minimum Gasteiger partial charge on any atom is -0.460 e. The number of urea groups is 1. The number of aromatic nitrogens is 4. The summed E-state index contributed by atoms with van der Waals surface area (Å²) in [5.41, 5.74) is 0.979. The number of H-pyrrole nitrogens is 1. The van der Waals surface area contributed by atoms with Gasteiger partial charge in [-0.2, -0.15) is 0 Å². The van der Waals surface area contributed by atoms with Crippen molar-refractivity contribution in [2.45, 2.75) is 38.8 Å². The van der Waals surface area contributed by atoms with Crippen LogP contribution in [-0.2, 0) is 0 Å². The number of amides is 2. The van der Waals surface area contributed by atoms with E-state index in [9.17, 15) is 4.79 Å². The van der Waals surface area contributed by atoms with Gasteiger partial charge in [0.05, 0.1) is 6.04 Å².